The van der Waals surface area contributed by atoms with Crippen LogP contribution in [-0.2, 0) is 0 Å². The molecule has 2 rings (SSSR count). The van der Waals surface area contributed by atoms with Crippen LogP contribution in [0.3, 0.4) is 0 Å². The van der Waals surface area contributed by atoms with Crippen molar-refractivity contribution in [1.82, 2.24) is 0 Å². The van der Waals surface area contributed by atoms with Gasteiger partial charge in [-0.25, -0.2) is 4.39 Å². The van der Waals surface area contributed by atoms with Crippen LogP contribution in [0.1, 0.15) is 10.4 Å². The van der Waals surface area contributed by atoms with Crippen molar-refractivity contribution in [2.45, 2.75) is 0 Å². The van der Waals surface area contributed by atoms with E-state index in [0.29, 0.717) is 11.5 Å². The first-order chi connectivity index (χ1) is 10.1. The maximum Gasteiger partial charge on any atom is 0.200 e. The molecule has 0 aliphatic carbocycles. The Labute approximate surface area is 122 Å². The van der Waals surface area contributed by atoms with Crippen LogP contribution in [0.25, 0.3) is 0 Å². The van der Waals surface area contributed by atoms with Gasteiger partial charge in [0.1, 0.15) is 11.5 Å². The summed E-state index contributed by atoms with van der Waals surface area (Å²) >= 11 is 0. The van der Waals surface area contributed by atoms with Crippen molar-refractivity contribution in [2.24, 2.45) is 0 Å². The lowest BCUT2D eigenvalue weighted by Crippen LogP contribution is -2.12. The van der Waals surface area contributed by atoms with E-state index in [1.807, 2.05) is 0 Å². The van der Waals surface area contributed by atoms with Crippen LogP contribution in [0.15, 0.2) is 42.5 Å². The largest absolute Gasteiger partial charge is 0.497 e. The second-order valence-electron chi connectivity index (χ2n) is 4.24. The summed E-state index contributed by atoms with van der Waals surface area (Å²) in [5, 5.41) is 0. The third kappa shape index (κ3) is 3.72. The first-order valence-electron chi connectivity index (χ1n) is 6.27. The van der Waals surface area contributed by atoms with E-state index in [-0.39, 0.29) is 23.7 Å². The van der Waals surface area contributed by atoms with Gasteiger partial charge >= 0.3 is 0 Å². The molecule has 0 atom stereocenters. The Bertz CT molecular complexity index is 623. The monoisotopic (exact) mass is 290 g/mol. The maximum atomic E-state index is 13.5. The molecule has 0 unspecified atom stereocenters. The molecule has 0 saturated carbocycles. The molecule has 0 N–H and O–H groups in total. The van der Waals surface area contributed by atoms with Gasteiger partial charge in [-0.15, -0.1) is 0 Å². The Morgan fingerprint density at radius 3 is 2.24 bits per heavy atom. The number of methoxy groups -OCH3 is 2. The van der Waals surface area contributed by atoms with E-state index in [1.165, 1.54) is 19.2 Å². The van der Waals surface area contributed by atoms with Crippen molar-refractivity contribution in [3.63, 3.8) is 0 Å². The highest BCUT2D eigenvalue weighted by Gasteiger charge is 2.11. The average molecular weight is 290 g/mol. The number of halogens is 1. The van der Waals surface area contributed by atoms with Gasteiger partial charge in [0.2, 0.25) is 0 Å². The minimum atomic E-state index is -0.576. The molecule has 0 amide bonds. The lowest BCUT2D eigenvalue weighted by Gasteiger charge is -2.07. The third-order valence-corrected chi connectivity index (χ3v) is 2.90. The zero-order valence-electron chi connectivity index (χ0n) is 11.8. The van der Waals surface area contributed by atoms with Gasteiger partial charge in [0.25, 0.3) is 0 Å². The number of hydrogen-bond donors (Lipinski definition) is 0. The van der Waals surface area contributed by atoms with Crippen molar-refractivity contribution in [3.05, 3.63) is 53.8 Å². The van der Waals surface area contributed by atoms with Crippen LogP contribution in [-0.4, -0.2) is 26.6 Å². The molecule has 0 saturated heterocycles. The summed E-state index contributed by atoms with van der Waals surface area (Å²) in [6, 6.07) is 10.9. The van der Waals surface area contributed by atoms with Gasteiger partial charge in [-0.2, -0.15) is 0 Å². The predicted octanol–water partition coefficient (Wildman–Crippen LogP) is 3.10. The first kappa shape index (κ1) is 14.8. The number of Topliss-reactive ketones (excluding diaryl/α,β-unsaturated/α-hetero) is 1. The smallest absolute Gasteiger partial charge is 0.200 e. The van der Waals surface area contributed by atoms with E-state index in [2.05, 4.69) is 0 Å². The Morgan fingerprint density at radius 2 is 1.67 bits per heavy atom. The van der Waals surface area contributed by atoms with Crippen LogP contribution in [0, 0.1) is 5.82 Å². The first-order valence-corrected chi connectivity index (χ1v) is 6.27. The predicted molar refractivity (Wildman–Crippen MR) is 75.8 cm³/mol. The normalized spacial score (nSPS) is 10.0. The van der Waals surface area contributed by atoms with Gasteiger partial charge in [0.05, 0.1) is 14.2 Å². The number of hydrogen-bond acceptors (Lipinski definition) is 4. The van der Waals surface area contributed by atoms with E-state index >= 15 is 0 Å². The molecule has 0 bridgehead atoms. The van der Waals surface area contributed by atoms with Crippen LogP contribution in [0.5, 0.6) is 17.2 Å². The number of ketones is 1. The summed E-state index contributed by atoms with van der Waals surface area (Å²) < 4.78 is 28.7. The van der Waals surface area contributed by atoms with Gasteiger partial charge in [-0.3, -0.25) is 4.79 Å². The highest BCUT2D eigenvalue weighted by molar-refractivity contribution is 5.97. The van der Waals surface area contributed by atoms with Crippen LogP contribution < -0.4 is 14.2 Å². The molecule has 2 aromatic rings. The Balaban J connectivity index is 1.99. The van der Waals surface area contributed by atoms with E-state index in [0.717, 1.165) is 6.07 Å². The van der Waals surface area contributed by atoms with Crippen molar-refractivity contribution in [3.8, 4) is 17.2 Å². The molecule has 21 heavy (non-hydrogen) atoms. The zero-order chi connectivity index (χ0) is 15.2. The molecule has 4 nitrogen and oxygen atoms in total. The van der Waals surface area contributed by atoms with Crippen molar-refractivity contribution >= 4 is 5.78 Å². The topological polar surface area (TPSA) is 44.8 Å². The van der Waals surface area contributed by atoms with Crippen LogP contribution in [0.2, 0.25) is 0 Å². The molecule has 0 aliphatic heterocycles. The number of carbonyl (C=O) groups excluding carboxylic acids is 1. The van der Waals surface area contributed by atoms with Crippen molar-refractivity contribution in [2.75, 3.05) is 20.8 Å². The molecule has 0 aromatic heterocycles. The lowest BCUT2D eigenvalue weighted by atomic mass is 10.1. The van der Waals surface area contributed by atoms with Gasteiger partial charge in [-0.05, 0) is 42.5 Å². The Morgan fingerprint density at radius 1 is 1.00 bits per heavy atom. The molecular formula is C16H15FO4. The highest BCUT2D eigenvalue weighted by Crippen LogP contribution is 2.19. The molecule has 0 radical (unpaired) electrons. The Hall–Kier alpha value is -2.56. The number of carbonyl (C=O) groups is 1. The maximum absolute atomic E-state index is 13.5. The minimum absolute atomic E-state index is 0.0997. The number of rotatable bonds is 6. The molecule has 2 aromatic carbocycles. The van der Waals surface area contributed by atoms with Crippen molar-refractivity contribution in [1.29, 1.82) is 0 Å². The third-order valence-electron chi connectivity index (χ3n) is 2.90. The summed E-state index contributed by atoms with van der Waals surface area (Å²) in [7, 11) is 2.93. The van der Waals surface area contributed by atoms with Crippen LogP contribution in [0.4, 0.5) is 4.39 Å². The standard InChI is InChI=1S/C16H15FO4/c1-19-12-4-6-13(7-5-12)21-10-15(18)11-3-8-16(20-2)14(17)9-11/h3-9H,10H2,1-2H3. The molecule has 110 valence electrons. The summed E-state index contributed by atoms with van der Waals surface area (Å²) in [5.41, 5.74) is 0.238. The van der Waals surface area contributed by atoms with E-state index < -0.39 is 5.82 Å². The van der Waals surface area contributed by atoms with E-state index in [9.17, 15) is 9.18 Å². The second-order valence-corrected chi connectivity index (χ2v) is 4.24. The number of benzene rings is 2. The van der Waals surface area contributed by atoms with Crippen LogP contribution >= 0.6 is 0 Å². The van der Waals surface area contributed by atoms with Gasteiger partial charge < -0.3 is 14.2 Å². The average Bonchev–Trinajstić information content (AvgIpc) is 2.53. The summed E-state index contributed by atoms with van der Waals surface area (Å²) in [6.07, 6.45) is 0. The van der Waals surface area contributed by atoms with Crippen molar-refractivity contribution < 1.29 is 23.4 Å². The fraction of sp³-hybridized carbons (Fsp3) is 0.188. The fourth-order valence-corrected chi connectivity index (χ4v) is 1.74. The highest BCUT2D eigenvalue weighted by atomic mass is 19.1. The molecule has 0 fully saturated rings. The van der Waals surface area contributed by atoms with Gasteiger partial charge in [0, 0.05) is 5.56 Å². The van der Waals surface area contributed by atoms with Gasteiger partial charge in [-0.1, -0.05) is 0 Å². The SMILES string of the molecule is COc1ccc(OCC(=O)c2ccc(OC)c(F)c2)cc1. The molecular weight excluding hydrogens is 275 g/mol. The summed E-state index contributed by atoms with van der Waals surface area (Å²) in [6.45, 7) is -0.169. The zero-order valence-corrected chi connectivity index (χ0v) is 11.8. The molecule has 0 spiro atoms. The molecule has 5 heteroatoms. The quantitative estimate of drug-likeness (QED) is 0.767. The fourth-order valence-electron chi connectivity index (χ4n) is 1.74. The minimum Gasteiger partial charge on any atom is -0.497 e. The second kappa shape index (κ2) is 6.74. The summed E-state index contributed by atoms with van der Waals surface area (Å²) in [4.78, 5) is 11.9. The Kier molecular flexibility index (Phi) is 4.77. The molecule has 0 aliphatic rings. The number of ether oxygens (including phenoxy) is 3. The van der Waals surface area contributed by atoms with Gasteiger partial charge in [0.15, 0.2) is 24.0 Å². The molecule has 0 heterocycles. The summed E-state index contributed by atoms with van der Waals surface area (Å²) in [5.74, 6) is 0.451. The lowest BCUT2D eigenvalue weighted by molar-refractivity contribution is 0.0921. The van der Waals surface area contributed by atoms with E-state index in [4.69, 9.17) is 14.2 Å². The van der Waals surface area contributed by atoms with E-state index in [1.54, 1.807) is 31.4 Å².